The van der Waals surface area contributed by atoms with Crippen molar-refractivity contribution >= 4 is 49.2 Å². The lowest BCUT2D eigenvalue weighted by atomic mass is 9.91. The summed E-state index contributed by atoms with van der Waals surface area (Å²) in [6.45, 7) is 0. The first kappa shape index (κ1) is 23.9. The van der Waals surface area contributed by atoms with Crippen molar-refractivity contribution in [3.05, 3.63) is 157 Å². The number of hydrogen-bond acceptors (Lipinski definition) is 0. The van der Waals surface area contributed by atoms with Crippen LogP contribution in [0, 0.1) is 0 Å². The predicted molar refractivity (Wildman–Crippen MR) is 185 cm³/mol. The van der Waals surface area contributed by atoms with Gasteiger partial charge < -0.3 is 9.13 Å². The van der Waals surface area contributed by atoms with Gasteiger partial charge in [-0.3, -0.25) is 0 Å². The van der Waals surface area contributed by atoms with Crippen LogP contribution in [0.15, 0.2) is 152 Å². The van der Waals surface area contributed by atoms with Gasteiger partial charge in [-0.25, -0.2) is 0 Å². The zero-order valence-electron chi connectivity index (χ0n) is 24.1. The summed E-state index contributed by atoms with van der Waals surface area (Å²) in [6.07, 6.45) is 7.90. The second-order valence-corrected chi connectivity index (χ2v) is 12.1. The number of aromatic nitrogens is 2. The molecule has 1 atom stereocenters. The van der Waals surface area contributed by atoms with Gasteiger partial charge in [-0.2, -0.15) is 0 Å². The monoisotopic (exact) mass is 560 g/mol. The third-order valence-corrected chi connectivity index (χ3v) is 9.78. The smallest absolute Gasteiger partial charge is 0.0633 e. The summed E-state index contributed by atoms with van der Waals surface area (Å²) >= 11 is 0. The number of hydrogen-bond donors (Lipinski definition) is 0. The van der Waals surface area contributed by atoms with E-state index in [0.717, 1.165) is 6.42 Å². The van der Waals surface area contributed by atoms with Crippen LogP contribution in [0.2, 0.25) is 0 Å². The Morgan fingerprint density at radius 2 is 1.23 bits per heavy atom. The predicted octanol–water partition coefficient (Wildman–Crippen LogP) is 11.1. The molecule has 2 aliphatic rings. The molecule has 2 nitrogen and oxygen atoms in total. The number of nitrogens with zero attached hydrogens (tertiary/aromatic N) is 2. The van der Waals surface area contributed by atoms with Gasteiger partial charge in [-0.05, 0) is 76.7 Å². The molecule has 10 rings (SSSR count). The van der Waals surface area contributed by atoms with Gasteiger partial charge in [-0.15, -0.1) is 0 Å². The van der Waals surface area contributed by atoms with Crippen LogP contribution in [0.1, 0.15) is 18.0 Å². The maximum Gasteiger partial charge on any atom is 0.0633 e. The van der Waals surface area contributed by atoms with Crippen molar-refractivity contribution < 1.29 is 0 Å². The van der Waals surface area contributed by atoms with Crippen LogP contribution in [0.5, 0.6) is 0 Å². The van der Waals surface area contributed by atoms with E-state index in [9.17, 15) is 0 Å². The molecule has 0 N–H and O–H groups in total. The second kappa shape index (κ2) is 8.95. The van der Waals surface area contributed by atoms with Crippen molar-refractivity contribution in [1.82, 2.24) is 9.13 Å². The lowest BCUT2D eigenvalue weighted by Gasteiger charge is -2.18. The fourth-order valence-corrected chi connectivity index (χ4v) is 7.86. The molecular weight excluding hydrogens is 532 g/mol. The quantitative estimate of drug-likeness (QED) is 0.203. The first-order chi connectivity index (χ1) is 21.8. The molecule has 6 aromatic carbocycles. The molecule has 2 heteroatoms. The van der Waals surface area contributed by atoms with E-state index in [1.807, 2.05) is 0 Å². The van der Waals surface area contributed by atoms with Crippen LogP contribution < -0.4 is 0 Å². The molecule has 0 spiro atoms. The highest BCUT2D eigenvalue weighted by Gasteiger charge is 2.32. The molecule has 0 saturated heterocycles. The molecule has 3 heterocycles. The summed E-state index contributed by atoms with van der Waals surface area (Å²) in [7, 11) is 0. The molecule has 1 unspecified atom stereocenters. The third-order valence-electron chi connectivity index (χ3n) is 9.78. The van der Waals surface area contributed by atoms with Gasteiger partial charge in [0.25, 0.3) is 0 Å². The maximum atomic E-state index is 2.58. The van der Waals surface area contributed by atoms with E-state index in [2.05, 4.69) is 161 Å². The zero-order valence-corrected chi connectivity index (χ0v) is 24.1. The molecule has 0 amide bonds. The minimum Gasteiger partial charge on any atom is -0.332 e. The molecule has 0 saturated carbocycles. The number of benzene rings is 6. The van der Waals surface area contributed by atoms with Gasteiger partial charge in [0.2, 0.25) is 0 Å². The molecule has 1 aliphatic carbocycles. The molecule has 8 aromatic rings. The highest BCUT2D eigenvalue weighted by Crippen LogP contribution is 2.50. The molecule has 0 bridgehead atoms. The second-order valence-electron chi connectivity index (χ2n) is 12.1. The van der Waals surface area contributed by atoms with Crippen LogP contribution in [-0.2, 0) is 0 Å². The Balaban J connectivity index is 1.23. The SMILES string of the molecule is C1=CCC2C(=C1)c1cc(-c3ccc4c5ccccc5n(-c5cccc(-c6ccccc6)c5)c4c3)cc3c4ccccc4n2c13. The maximum absolute atomic E-state index is 2.58. The van der Waals surface area contributed by atoms with Crippen molar-refractivity contribution in [3.63, 3.8) is 0 Å². The van der Waals surface area contributed by atoms with E-state index >= 15 is 0 Å². The third kappa shape index (κ3) is 3.25. The average Bonchev–Trinajstić information content (AvgIpc) is 3.73. The van der Waals surface area contributed by atoms with Crippen molar-refractivity contribution in [2.24, 2.45) is 0 Å². The van der Waals surface area contributed by atoms with Crippen LogP contribution in [0.3, 0.4) is 0 Å². The van der Waals surface area contributed by atoms with Gasteiger partial charge in [0.05, 0.1) is 22.6 Å². The molecule has 44 heavy (non-hydrogen) atoms. The van der Waals surface area contributed by atoms with Crippen LogP contribution in [0.25, 0.3) is 77.1 Å². The zero-order chi connectivity index (χ0) is 28.8. The fourth-order valence-electron chi connectivity index (χ4n) is 7.86. The molecule has 0 fully saturated rings. The largest absolute Gasteiger partial charge is 0.332 e. The standard InChI is InChI=1S/C42H28N2/c1-2-11-27(12-3-1)28-13-10-14-31(23-28)43-38-18-7-4-15-32(38)35-22-21-29(26-41(35)43)30-24-36-33-16-5-8-19-39(33)44-40-20-9-6-17-34(40)37(25-30)42(36)44/h1-19,21-26,40H,20H2. The van der Waals surface area contributed by atoms with Gasteiger partial charge in [0.1, 0.15) is 0 Å². The van der Waals surface area contributed by atoms with Crippen molar-refractivity contribution in [1.29, 1.82) is 0 Å². The van der Waals surface area contributed by atoms with Gasteiger partial charge in [-0.1, -0.05) is 109 Å². The summed E-state index contributed by atoms with van der Waals surface area (Å²) in [5.74, 6) is 0. The van der Waals surface area contributed by atoms with E-state index in [1.54, 1.807) is 0 Å². The highest BCUT2D eigenvalue weighted by atomic mass is 15.0. The van der Waals surface area contributed by atoms with Crippen molar-refractivity contribution in [3.8, 4) is 27.9 Å². The van der Waals surface area contributed by atoms with E-state index in [1.165, 1.54) is 82.7 Å². The molecule has 1 aliphatic heterocycles. The Kier molecular flexibility index (Phi) is 4.86. The summed E-state index contributed by atoms with van der Waals surface area (Å²) in [6, 6.07) is 49.6. The van der Waals surface area contributed by atoms with E-state index in [4.69, 9.17) is 0 Å². The summed E-state index contributed by atoms with van der Waals surface area (Å²) in [5.41, 5.74) is 14.1. The van der Waals surface area contributed by atoms with E-state index in [-0.39, 0.29) is 0 Å². The topological polar surface area (TPSA) is 9.86 Å². The van der Waals surface area contributed by atoms with Crippen LogP contribution >= 0.6 is 0 Å². The fraction of sp³-hybridized carbons (Fsp3) is 0.0476. The minimum atomic E-state index is 0.370. The number of rotatable bonds is 3. The number of fused-ring (bicyclic) bond motifs is 9. The minimum absolute atomic E-state index is 0.370. The Bertz CT molecular complexity index is 2520. The summed E-state index contributed by atoms with van der Waals surface area (Å²) in [4.78, 5) is 0. The van der Waals surface area contributed by atoms with Crippen molar-refractivity contribution in [2.45, 2.75) is 12.5 Å². The highest BCUT2D eigenvalue weighted by molar-refractivity contribution is 6.16. The molecule has 2 aromatic heterocycles. The first-order valence-corrected chi connectivity index (χ1v) is 15.5. The lowest BCUT2D eigenvalue weighted by molar-refractivity contribution is 0.684. The Labute approximate surface area is 255 Å². The van der Waals surface area contributed by atoms with Crippen LogP contribution in [0.4, 0.5) is 0 Å². The number of para-hydroxylation sites is 2. The Morgan fingerprint density at radius 1 is 0.500 bits per heavy atom. The molecule has 206 valence electrons. The summed E-state index contributed by atoms with van der Waals surface area (Å²) < 4.78 is 5.02. The van der Waals surface area contributed by atoms with E-state index in [0.29, 0.717) is 6.04 Å². The van der Waals surface area contributed by atoms with E-state index < -0.39 is 0 Å². The van der Waals surface area contributed by atoms with Gasteiger partial charge >= 0.3 is 0 Å². The van der Waals surface area contributed by atoms with Crippen molar-refractivity contribution in [2.75, 3.05) is 0 Å². The van der Waals surface area contributed by atoms with Crippen LogP contribution in [-0.4, -0.2) is 9.13 Å². The Morgan fingerprint density at radius 3 is 2.11 bits per heavy atom. The molecular formula is C42H28N2. The summed E-state index contributed by atoms with van der Waals surface area (Å²) in [5, 5.41) is 5.24. The van der Waals surface area contributed by atoms with Gasteiger partial charge in [0.15, 0.2) is 0 Å². The molecule has 0 radical (unpaired) electrons. The lowest BCUT2D eigenvalue weighted by Crippen LogP contribution is -2.05. The average molecular weight is 561 g/mol. The van der Waals surface area contributed by atoms with Gasteiger partial charge in [0, 0.05) is 38.3 Å². The Hall–Kier alpha value is -5.60. The first-order valence-electron chi connectivity index (χ1n) is 15.5. The number of allylic oxidation sites excluding steroid dienone is 4. The normalized spacial score (nSPS) is 15.5.